The zero-order chi connectivity index (χ0) is 25.2. The van der Waals surface area contributed by atoms with Crippen molar-refractivity contribution in [2.45, 2.75) is 24.5 Å². The minimum Gasteiger partial charge on any atom is -0.459 e. The van der Waals surface area contributed by atoms with Crippen LogP contribution in [0.3, 0.4) is 0 Å². The molecular weight excluding hydrogens is 503 g/mol. The number of halogens is 2. The molecule has 1 saturated heterocycles. The van der Waals surface area contributed by atoms with E-state index in [2.05, 4.69) is 9.97 Å². The topological polar surface area (TPSA) is 156 Å². The van der Waals surface area contributed by atoms with E-state index in [4.69, 9.17) is 43.1 Å². The van der Waals surface area contributed by atoms with Crippen LogP contribution in [-0.4, -0.2) is 50.4 Å². The van der Waals surface area contributed by atoms with Crippen LogP contribution in [0.2, 0.25) is 10.0 Å². The molecule has 11 nitrogen and oxygen atoms in total. The first-order chi connectivity index (χ1) is 16.6. The summed E-state index contributed by atoms with van der Waals surface area (Å²) in [6.45, 7) is -0.410. The lowest BCUT2D eigenvalue weighted by atomic mass is 10.1. The maximum atomic E-state index is 12.7. The normalized spacial score (nSPS) is 21.5. The first kappa shape index (κ1) is 24.6. The minimum atomic E-state index is -2.30. The molecule has 3 N–H and O–H groups in total. The fourth-order valence-corrected chi connectivity index (χ4v) is 3.63. The molecular formula is C22H18Cl2N4O7. The Hall–Kier alpha value is -3.51. The fraction of sp³-hybridized carbons (Fsp3) is 0.227. The van der Waals surface area contributed by atoms with Gasteiger partial charge in [-0.25, -0.2) is 23.9 Å². The molecule has 0 unspecified atom stereocenters. The van der Waals surface area contributed by atoms with Gasteiger partial charge in [0.05, 0.1) is 17.5 Å². The quantitative estimate of drug-likeness (QED) is 0.460. The summed E-state index contributed by atoms with van der Waals surface area (Å²) in [6, 6.07) is 11.9. The van der Waals surface area contributed by atoms with E-state index in [9.17, 15) is 19.5 Å². The zero-order valence-electron chi connectivity index (χ0n) is 17.8. The molecule has 0 aliphatic carbocycles. The minimum absolute atomic E-state index is 0.190. The van der Waals surface area contributed by atoms with Crippen molar-refractivity contribution in [3.63, 3.8) is 0 Å². The highest BCUT2D eigenvalue weighted by atomic mass is 35.5. The van der Waals surface area contributed by atoms with Crippen molar-refractivity contribution in [3.8, 4) is 0 Å². The molecule has 3 atom stereocenters. The third-order valence-electron chi connectivity index (χ3n) is 5.12. The first-order valence-electron chi connectivity index (χ1n) is 10.2. The van der Waals surface area contributed by atoms with Gasteiger partial charge in [0, 0.05) is 10.0 Å². The van der Waals surface area contributed by atoms with E-state index >= 15 is 0 Å². The van der Waals surface area contributed by atoms with Gasteiger partial charge in [0.1, 0.15) is 25.1 Å². The van der Waals surface area contributed by atoms with Gasteiger partial charge >= 0.3 is 17.6 Å². The number of anilines is 1. The molecule has 2 heterocycles. The molecule has 13 heteroatoms. The summed E-state index contributed by atoms with van der Waals surface area (Å²) in [6.07, 6.45) is -1.70. The molecule has 1 aliphatic rings. The summed E-state index contributed by atoms with van der Waals surface area (Å²) >= 11 is 11.7. The van der Waals surface area contributed by atoms with Crippen molar-refractivity contribution in [1.29, 1.82) is 0 Å². The van der Waals surface area contributed by atoms with Crippen LogP contribution in [-0.2, 0) is 20.1 Å². The molecule has 1 aromatic heterocycles. The first-order valence-corrected chi connectivity index (χ1v) is 10.9. The van der Waals surface area contributed by atoms with E-state index in [0.29, 0.717) is 14.6 Å². The Morgan fingerprint density at radius 3 is 2.23 bits per heavy atom. The van der Waals surface area contributed by atoms with Gasteiger partial charge in [-0.2, -0.15) is 4.98 Å². The number of benzene rings is 2. The highest BCUT2D eigenvalue weighted by Gasteiger charge is 2.50. The van der Waals surface area contributed by atoms with Crippen molar-refractivity contribution < 1.29 is 28.9 Å². The number of ether oxygens (including phenoxy) is 3. The average Bonchev–Trinajstić information content (AvgIpc) is 3.14. The van der Waals surface area contributed by atoms with Gasteiger partial charge in [0.15, 0.2) is 0 Å². The van der Waals surface area contributed by atoms with Crippen LogP contribution in [0.4, 0.5) is 5.95 Å². The summed E-state index contributed by atoms with van der Waals surface area (Å²) in [5.74, 6) is -4.04. The van der Waals surface area contributed by atoms with E-state index in [1.54, 1.807) is 0 Å². The average molecular weight is 521 g/mol. The number of carbonyl (C=O) groups is 2. The molecule has 0 radical (unpaired) electrons. The number of nitrogen functional groups attached to an aromatic ring is 1. The highest BCUT2D eigenvalue weighted by Crippen LogP contribution is 2.34. The van der Waals surface area contributed by atoms with E-state index in [-0.39, 0.29) is 23.5 Å². The highest BCUT2D eigenvalue weighted by molar-refractivity contribution is 6.31. The van der Waals surface area contributed by atoms with Gasteiger partial charge in [-0.15, -0.1) is 0 Å². The largest absolute Gasteiger partial charge is 0.459 e. The maximum absolute atomic E-state index is 12.7. The van der Waals surface area contributed by atoms with Gasteiger partial charge in [-0.05, 0) is 48.5 Å². The van der Waals surface area contributed by atoms with E-state index < -0.39 is 42.4 Å². The van der Waals surface area contributed by atoms with Gasteiger partial charge in [-0.1, -0.05) is 23.2 Å². The van der Waals surface area contributed by atoms with Crippen LogP contribution in [0.25, 0.3) is 0 Å². The van der Waals surface area contributed by atoms with Gasteiger partial charge in [-0.3, -0.25) is 0 Å². The SMILES string of the molecule is Nc1ncn([C@]2(O)C[C@H](OC(=O)c3ccc(Cl)cc3)[C@@H](COC(=O)c3ccc(Cl)cc3)O2)c(=O)n1. The lowest BCUT2D eigenvalue weighted by molar-refractivity contribution is -0.258. The Bertz CT molecular complexity index is 1300. The fourth-order valence-electron chi connectivity index (χ4n) is 3.38. The van der Waals surface area contributed by atoms with Crippen LogP contribution < -0.4 is 11.4 Å². The number of aromatic nitrogens is 3. The summed E-state index contributed by atoms with van der Waals surface area (Å²) in [4.78, 5) is 44.5. The monoisotopic (exact) mass is 520 g/mol. The van der Waals surface area contributed by atoms with Crippen molar-refractivity contribution in [1.82, 2.24) is 14.5 Å². The zero-order valence-corrected chi connectivity index (χ0v) is 19.3. The third-order valence-corrected chi connectivity index (χ3v) is 5.62. The molecule has 1 aliphatic heterocycles. The Balaban J connectivity index is 1.55. The summed E-state index contributed by atoms with van der Waals surface area (Å²) in [5, 5.41) is 11.9. The lowest BCUT2D eigenvalue weighted by Crippen LogP contribution is -2.43. The number of hydrogen-bond acceptors (Lipinski definition) is 10. The number of hydrogen-bond donors (Lipinski definition) is 2. The van der Waals surface area contributed by atoms with E-state index in [1.807, 2.05) is 0 Å². The van der Waals surface area contributed by atoms with Crippen LogP contribution in [0.1, 0.15) is 27.1 Å². The second-order valence-electron chi connectivity index (χ2n) is 7.53. The summed E-state index contributed by atoms with van der Waals surface area (Å²) in [7, 11) is 0. The second kappa shape index (κ2) is 10.0. The molecule has 4 rings (SSSR count). The molecule has 0 saturated carbocycles. The number of nitrogens with two attached hydrogens (primary N) is 1. The molecule has 182 valence electrons. The van der Waals surface area contributed by atoms with Crippen LogP contribution in [0, 0.1) is 0 Å². The number of carbonyl (C=O) groups excluding carboxylic acids is 2. The van der Waals surface area contributed by atoms with Gasteiger partial charge < -0.3 is 25.1 Å². The summed E-state index contributed by atoms with van der Waals surface area (Å²) < 4.78 is 17.2. The van der Waals surface area contributed by atoms with Crippen molar-refractivity contribution in [2.75, 3.05) is 12.3 Å². The molecule has 0 amide bonds. The predicted octanol–water partition coefficient (Wildman–Crippen LogP) is 2.00. The molecule has 0 spiro atoms. The van der Waals surface area contributed by atoms with E-state index in [0.717, 1.165) is 6.33 Å². The smallest absolute Gasteiger partial charge is 0.356 e. The standard InChI is InChI=1S/C22H18Cl2N4O7/c23-14-5-1-12(2-6-14)18(29)33-10-17-16(34-19(30)13-3-7-15(24)8-4-13)9-22(32,35-17)28-11-26-20(25)27-21(28)31/h1-8,11,16-17,32H,9-10H2,(H2,25,27,31)/t16-,17+,22-/m0/s1. The molecule has 1 fully saturated rings. The predicted molar refractivity (Wildman–Crippen MR) is 123 cm³/mol. The molecule has 0 bridgehead atoms. The number of aliphatic hydroxyl groups is 1. The lowest BCUT2D eigenvalue weighted by Gasteiger charge is -2.23. The maximum Gasteiger partial charge on any atom is 0.356 e. The number of rotatable bonds is 6. The van der Waals surface area contributed by atoms with E-state index in [1.165, 1.54) is 48.5 Å². The third kappa shape index (κ3) is 5.60. The molecule has 3 aromatic rings. The summed E-state index contributed by atoms with van der Waals surface area (Å²) in [5.41, 5.74) is 4.88. The van der Waals surface area contributed by atoms with Gasteiger partial charge in [0.25, 0.3) is 5.91 Å². The molecule has 35 heavy (non-hydrogen) atoms. The van der Waals surface area contributed by atoms with Crippen molar-refractivity contribution >= 4 is 41.1 Å². The number of nitrogens with zero attached hydrogens (tertiary/aromatic N) is 3. The van der Waals surface area contributed by atoms with Gasteiger partial charge in [0.2, 0.25) is 5.95 Å². The Morgan fingerprint density at radius 2 is 1.66 bits per heavy atom. The molecule has 2 aromatic carbocycles. The Kier molecular flexibility index (Phi) is 7.03. The Labute approximate surface area is 208 Å². The Morgan fingerprint density at radius 1 is 1.09 bits per heavy atom. The van der Waals surface area contributed by atoms with Crippen molar-refractivity contribution in [3.05, 3.63) is 86.5 Å². The van der Waals surface area contributed by atoms with Crippen LogP contribution in [0.5, 0.6) is 0 Å². The van der Waals surface area contributed by atoms with Crippen LogP contribution in [0.15, 0.2) is 59.7 Å². The second-order valence-corrected chi connectivity index (χ2v) is 8.40. The van der Waals surface area contributed by atoms with Crippen molar-refractivity contribution in [2.24, 2.45) is 0 Å². The van der Waals surface area contributed by atoms with Crippen LogP contribution >= 0.6 is 23.2 Å². The number of esters is 2.